The predicted molar refractivity (Wildman–Crippen MR) is 159 cm³/mol. The summed E-state index contributed by atoms with van der Waals surface area (Å²) in [4.78, 5) is 48.9. The highest BCUT2D eigenvalue weighted by Crippen LogP contribution is 2.29. The summed E-state index contributed by atoms with van der Waals surface area (Å²) in [6.45, 7) is 2.74. The molecule has 2 saturated heterocycles. The zero-order valence-corrected chi connectivity index (χ0v) is 24.1. The van der Waals surface area contributed by atoms with Crippen LogP contribution in [-0.4, -0.2) is 88.4 Å². The van der Waals surface area contributed by atoms with Crippen LogP contribution in [0, 0.1) is 6.92 Å². The lowest BCUT2D eigenvalue weighted by Gasteiger charge is -2.54. The summed E-state index contributed by atoms with van der Waals surface area (Å²) >= 11 is 0. The quantitative estimate of drug-likeness (QED) is 0.426. The standard InChI is InChI=1S/C32H36N6O4/c1-22-8-7-11-25(27(22)18-33-2)19-36-20-29-37(28(31(36)41)16-23-12-14-26(39)15-13-23)30(40)21-35(3)38(29)32(42)34-17-24-9-5-4-6-10-24/h4-15,18,28-29,39H,16-17,19-21H2,1-3H3,(H,34,42)/t28-,29?/m0/s1. The summed E-state index contributed by atoms with van der Waals surface area (Å²) < 4.78 is 0. The SMILES string of the molecule is CN=Cc1c(C)cccc1CN1CC2N(C(=O)CN(C)N2C(=O)NCc2ccccc2)[C@@H](Cc2ccc(O)cc2)C1=O. The summed E-state index contributed by atoms with van der Waals surface area (Å²) in [5, 5.41) is 16.0. The monoisotopic (exact) mass is 568 g/mol. The van der Waals surface area contributed by atoms with E-state index >= 15 is 0 Å². The maximum atomic E-state index is 14.1. The minimum absolute atomic E-state index is 0.0381. The summed E-state index contributed by atoms with van der Waals surface area (Å²) in [6.07, 6.45) is 1.33. The first-order valence-corrected chi connectivity index (χ1v) is 14.0. The van der Waals surface area contributed by atoms with E-state index in [-0.39, 0.29) is 43.1 Å². The maximum absolute atomic E-state index is 14.1. The summed E-state index contributed by atoms with van der Waals surface area (Å²) in [5.41, 5.74) is 4.67. The van der Waals surface area contributed by atoms with Gasteiger partial charge in [0, 0.05) is 45.4 Å². The van der Waals surface area contributed by atoms with E-state index < -0.39 is 12.2 Å². The Morgan fingerprint density at radius 1 is 1.02 bits per heavy atom. The third-order valence-corrected chi connectivity index (χ3v) is 7.83. The first kappa shape index (κ1) is 28.8. The molecule has 10 nitrogen and oxygen atoms in total. The first-order valence-electron chi connectivity index (χ1n) is 14.0. The number of amides is 4. The Morgan fingerprint density at radius 2 is 1.76 bits per heavy atom. The van der Waals surface area contributed by atoms with Crippen molar-refractivity contribution >= 4 is 24.1 Å². The number of nitrogens with one attached hydrogen (secondary N) is 1. The van der Waals surface area contributed by atoms with Crippen molar-refractivity contribution in [2.24, 2.45) is 4.99 Å². The molecule has 4 amide bonds. The van der Waals surface area contributed by atoms with Crippen LogP contribution in [0.1, 0.15) is 27.8 Å². The van der Waals surface area contributed by atoms with Crippen molar-refractivity contribution in [1.29, 1.82) is 0 Å². The molecule has 2 fully saturated rings. The second-order valence-corrected chi connectivity index (χ2v) is 10.7. The normalized spacial score (nSPS) is 19.4. The fourth-order valence-electron chi connectivity index (χ4n) is 5.76. The van der Waals surface area contributed by atoms with Gasteiger partial charge in [-0.3, -0.25) is 14.6 Å². The van der Waals surface area contributed by atoms with E-state index in [1.54, 1.807) is 64.4 Å². The molecule has 42 heavy (non-hydrogen) atoms. The number of phenolic OH excluding ortho intramolecular Hbond substituents is 1. The average molecular weight is 569 g/mol. The Hall–Kier alpha value is -4.70. The number of urea groups is 1. The first-order chi connectivity index (χ1) is 20.3. The number of aliphatic imine (C=N–C) groups is 1. The number of nitrogens with zero attached hydrogens (tertiary/aromatic N) is 5. The lowest BCUT2D eigenvalue weighted by molar-refractivity contribution is -0.187. The Labute approximate surface area is 245 Å². The summed E-state index contributed by atoms with van der Waals surface area (Å²) in [6, 6.07) is 21.0. The highest BCUT2D eigenvalue weighted by molar-refractivity contribution is 5.92. The number of likely N-dealkylation sites (N-methyl/N-ethyl adjacent to an activating group) is 1. The van der Waals surface area contributed by atoms with Gasteiger partial charge in [-0.25, -0.2) is 14.8 Å². The highest BCUT2D eigenvalue weighted by atomic mass is 16.3. The molecule has 218 valence electrons. The molecule has 2 aliphatic heterocycles. The molecule has 2 atom stereocenters. The van der Waals surface area contributed by atoms with Gasteiger partial charge >= 0.3 is 6.03 Å². The van der Waals surface area contributed by atoms with E-state index in [1.165, 1.54) is 0 Å². The van der Waals surface area contributed by atoms with E-state index in [0.717, 1.165) is 27.8 Å². The number of carbonyl (C=O) groups excluding carboxylic acids is 3. The molecule has 0 bridgehead atoms. The van der Waals surface area contributed by atoms with Crippen molar-refractivity contribution in [2.75, 3.05) is 27.2 Å². The van der Waals surface area contributed by atoms with Crippen molar-refractivity contribution in [3.05, 3.63) is 101 Å². The molecular formula is C32H36N6O4. The summed E-state index contributed by atoms with van der Waals surface area (Å²) in [7, 11) is 3.42. The van der Waals surface area contributed by atoms with Crippen LogP contribution in [0.4, 0.5) is 4.79 Å². The largest absolute Gasteiger partial charge is 0.508 e. The van der Waals surface area contributed by atoms with Gasteiger partial charge in [-0.15, -0.1) is 0 Å². The lowest BCUT2D eigenvalue weighted by atomic mass is 9.97. The predicted octanol–water partition coefficient (Wildman–Crippen LogP) is 2.93. The smallest absolute Gasteiger partial charge is 0.334 e. The number of phenols is 1. The summed E-state index contributed by atoms with van der Waals surface area (Å²) in [5.74, 6) is -0.293. The van der Waals surface area contributed by atoms with Crippen LogP contribution in [0.5, 0.6) is 5.75 Å². The molecule has 2 heterocycles. The molecule has 0 aliphatic carbocycles. The van der Waals surface area contributed by atoms with Gasteiger partial charge in [0.05, 0.1) is 13.1 Å². The van der Waals surface area contributed by atoms with Crippen LogP contribution < -0.4 is 5.32 Å². The maximum Gasteiger partial charge on any atom is 0.334 e. The molecule has 0 spiro atoms. The number of aryl methyl sites for hydroxylation is 1. The van der Waals surface area contributed by atoms with Gasteiger partial charge in [0.15, 0.2) is 0 Å². The number of benzene rings is 3. The molecule has 0 saturated carbocycles. The number of fused-ring (bicyclic) bond motifs is 1. The van der Waals surface area contributed by atoms with Crippen molar-refractivity contribution in [3.8, 4) is 5.75 Å². The number of piperazine rings is 1. The van der Waals surface area contributed by atoms with Gasteiger partial charge < -0.3 is 20.2 Å². The number of hydrogen-bond donors (Lipinski definition) is 2. The number of hydrazine groups is 1. The second kappa shape index (κ2) is 12.4. The van der Waals surface area contributed by atoms with E-state index in [9.17, 15) is 19.5 Å². The van der Waals surface area contributed by atoms with Gasteiger partial charge in [0.25, 0.3) is 0 Å². The molecule has 5 rings (SSSR count). The van der Waals surface area contributed by atoms with Gasteiger partial charge in [-0.05, 0) is 41.3 Å². The van der Waals surface area contributed by atoms with Gasteiger partial charge in [0.1, 0.15) is 18.0 Å². The average Bonchev–Trinajstić information content (AvgIpc) is 2.97. The van der Waals surface area contributed by atoms with Crippen LogP contribution in [0.2, 0.25) is 0 Å². The Kier molecular flexibility index (Phi) is 8.53. The van der Waals surface area contributed by atoms with Crippen LogP contribution in [0.25, 0.3) is 0 Å². The van der Waals surface area contributed by atoms with Gasteiger partial charge in [-0.1, -0.05) is 60.7 Å². The second-order valence-electron chi connectivity index (χ2n) is 10.7. The Morgan fingerprint density at radius 3 is 2.48 bits per heavy atom. The highest BCUT2D eigenvalue weighted by Gasteiger charge is 2.50. The molecule has 1 unspecified atom stereocenters. The number of carbonyl (C=O) groups is 3. The van der Waals surface area contributed by atoms with Crippen LogP contribution in [0.3, 0.4) is 0 Å². The van der Waals surface area contributed by atoms with Crippen molar-refractivity contribution in [3.63, 3.8) is 0 Å². The van der Waals surface area contributed by atoms with Crippen LogP contribution in [0.15, 0.2) is 77.8 Å². The fourth-order valence-corrected chi connectivity index (χ4v) is 5.76. The molecule has 0 aromatic heterocycles. The van der Waals surface area contributed by atoms with Gasteiger partial charge in [-0.2, -0.15) is 0 Å². The minimum atomic E-state index is -0.827. The van der Waals surface area contributed by atoms with Crippen molar-refractivity contribution in [1.82, 2.24) is 25.1 Å². The minimum Gasteiger partial charge on any atom is -0.508 e. The molecule has 3 aromatic rings. The Balaban J connectivity index is 1.49. The van der Waals surface area contributed by atoms with E-state index in [2.05, 4.69) is 10.3 Å². The Bertz CT molecular complexity index is 1480. The topological polar surface area (TPSA) is 109 Å². The van der Waals surface area contributed by atoms with Crippen molar-refractivity contribution in [2.45, 2.75) is 38.6 Å². The zero-order chi connectivity index (χ0) is 29.8. The third kappa shape index (κ3) is 5.99. The number of aromatic hydroxyl groups is 1. The fraction of sp³-hybridized carbons (Fsp3) is 0.312. The molecule has 10 heteroatoms. The van der Waals surface area contributed by atoms with E-state index in [1.807, 2.05) is 55.5 Å². The number of hydrogen-bond acceptors (Lipinski definition) is 6. The van der Waals surface area contributed by atoms with E-state index in [4.69, 9.17) is 0 Å². The van der Waals surface area contributed by atoms with Crippen molar-refractivity contribution < 1.29 is 19.5 Å². The van der Waals surface area contributed by atoms with Gasteiger partial charge in [0.2, 0.25) is 11.8 Å². The van der Waals surface area contributed by atoms with E-state index in [0.29, 0.717) is 13.1 Å². The van der Waals surface area contributed by atoms with Crippen LogP contribution in [-0.2, 0) is 29.1 Å². The number of rotatable bonds is 7. The van der Waals surface area contributed by atoms with Crippen LogP contribution >= 0.6 is 0 Å². The molecular weight excluding hydrogens is 532 g/mol. The molecule has 2 aliphatic rings. The zero-order valence-electron chi connectivity index (χ0n) is 24.1. The molecule has 0 radical (unpaired) electrons. The molecule has 3 aromatic carbocycles. The third-order valence-electron chi connectivity index (χ3n) is 7.83. The molecule has 2 N–H and O–H groups in total. The lowest BCUT2D eigenvalue weighted by Crippen LogP contribution is -2.76.